The highest BCUT2D eigenvalue weighted by atomic mass is 79.9. The molecule has 0 N–H and O–H groups in total. The van der Waals surface area contributed by atoms with Gasteiger partial charge in [0.1, 0.15) is 0 Å². The summed E-state index contributed by atoms with van der Waals surface area (Å²) in [5.74, 6) is 1.97. The van der Waals surface area contributed by atoms with Crippen molar-refractivity contribution in [3.05, 3.63) is 65.0 Å². The summed E-state index contributed by atoms with van der Waals surface area (Å²) < 4.78 is 15.7. The molecule has 0 aliphatic heterocycles. The summed E-state index contributed by atoms with van der Waals surface area (Å²) in [6.07, 6.45) is 4.78. The lowest BCUT2D eigenvalue weighted by atomic mass is 9.88. The zero-order chi connectivity index (χ0) is 24.0. The Kier molecular flexibility index (Phi) is 8.17. The van der Waals surface area contributed by atoms with E-state index in [1.54, 1.807) is 0 Å². The van der Waals surface area contributed by atoms with Crippen molar-refractivity contribution in [1.82, 2.24) is 0 Å². The maximum atomic E-state index is 6.10. The van der Waals surface area contributed by atoms with Gasteiger partial charge in [-0.2, -0.15) is 0 Å². The summed E-state index contributed by atoms with van der Waals surface area (Å²) in [5.41, 5.74) is 8.32. The molecule has 0 radical (unpaired) electrons. The first-order valence-corrected chi connectivity index (χ1v) is 14.4. The summed E-state index contributed by atoms with van der Waals surface area (Å²) >= 11 is 11.6. The molecule has 2 aliphatic rings. The van der Waals surface area contributed by atoms with E-state index in [0.29, 0.717) is 23.7 Å². The fraction of sp³-hybridized carbons (Fsp3) is 0.571. The third kappa shape index (κ3) is 4.79. The van der Waals surface area contributed by atoms with Crippen LogP contribution in [-0.4, -0.2) is 14.2 Å². The Morgan fingerprint density at radius 3 is 2.21 bits per heavy atom. The van der Waals surface area contributed by atoms with Crippen molar-refractivity contribution in [3.8, 4) is 0 Å². The molecule has 0 bridgehead atoms. The Hall–Kier alpha value is -0.200. The molecule has 4 rings (SSSR count). The molecule has 0 aromatic heterocycles. The summed E-state index contributed by atoms with van der Waals surface area (Å²) in [5, 5.41) is 0. The second-order valence-corrected chi connectivity index (χ2v) is 12.8. The Morgan fingerprint density at radius 2 is 1.58 bits per heavy atom. The third-order valence-corrected chi connectivity index (χ3v) is 10.1. The second kappa shape index (κ2) is 10.4. The van der Waals surface area contributed by atoms with Gasteiger partial charge in [-0.3, -0.25) is 0 Å². The van der Waals surface area contributed by atoms with Gasteiger partial charge in [0, 0.05) is 27.6 Å². The minimum absolute atomic E-state index is 0.141. The number of halogens is 3. The monoisotopic (exact) mass is 640 g/mol. The van der Waals surface area contributed by atoms with Crippen LogP contribution in [0, 0.1) is 11.8 Å². The van der Waals surface area contributed by atoms with Crippen LogP contribution in [0.5, 0.6) is 0 Å². The summed E-state index contributed by atoms with van der Waals surface area (Å²) in [6.45, 7) is 9.14. The molecule has 2 aliphatic carbocycles. The molecule has 2 aromatic rings. The molecule has 0 spiro atoms. The third-order valence-electron chi connectivity index (χ3n) is 7.84. The Balaban J connectivity index is 1.53. The Bertz CT molecular complexity index is 1030. The number of hydrogen-bond donors (Lipinski definition) is 0. The fourth-order valence-electron chi connectivity index (χ4n) is 5.96. The van der Waals surface area contributed by atoms with E-state index in [-0.39, 0.29) is 12.2 Å². The molecule has 0 amide bonds. The fourth-order valence-corrected chi connectivity index (χ4v) is 8.27. The van der Waals surface area contributed by atoms with Gasteiger partial charge in [-0.25, -0.2) is 0 Å². The van der Waals surface area contributed by atoms with Crippen LogP contribution in [0.4, 0.5) is 0 Å². The van der Waals surface area contributed by atoms with E-state index < -0.39 is 0 Å². The molecule has 0 saturated heterocycles. The highest BCUT2D eigenvalue weighted by molar-refractivity contribution is 9.11. The van der Waals surface area contributed by atoms with Gasteiger partial charge in [-0.15, -0.1) is 0 Å². The molecule has 180 valence electrons. The molecular weight excluding hydrogens is 608 g/mol. The maximum absolute atomic E-state index is 6.10. The van der Waals surface area contributed by atoms with Crippen LogP contribution in [0.2, 0.25) is 0 Å². The molecule has 2 aromatic carbocycles. The van der Waals surface area contributed by atoms with Crippen LogP contribution in [0.15, 0.2) is 31.6 Å². The number of rotatable bonds is 7. The summed E-state index contributed by atoms with van der Waals surface area (Å²) in [4.78, 5) is 0. The Labute approximate surface area is 224 Å². The van der Waals surface area contributed by atoms with Crippen LogP contribution in [0.1, 0.15) is 98.0 Å². The van der Waals surface area contributed by atoms with Crippen LogP contribution in [-0.2, 0) is 22.3 Å². The van der Waals surface area contributed by atoms with Gasteiger partial charge < -0.3 is 9.47 Å². The predicted octanol–water partition coefficient (Wildman–Crippen LogP) is 9.42. The van der Waals surface area contributed by atoms with E-state index in [9.17, 15) is 0 Å². The number of benzene rings is 2. The minimum Gasteiger partial charge on any atom is -0.376 e. The number of ether oxygens (including phenoxy) is 2. The van der Waals surface area contributed by atoms with Crippen molar-refractivity contribution in [2.24, 2.45) is 11.8 Å². The standard InChI is InChI=1S/C28H35Br3O2/c1-14(2)19-13-24(30)22-10-17(28(33-6)25(22)26(19)31)8-7-15(3)18-11-21-20(23(29)12-18)9-16(4)27(21)32-5/h11-17,27-28H,7-10H2,1-6H3. The van der Waals surface area contributed by atoms with Gasteiger partial charge in [0.2, 0.25) is 0 Å². The van der Waals surface area contributed by atoms with Crippen LogP contribution >= 0.6 is 47.8 Å². The van der Waals surface area contributed by atoms with Crippen LogP contribution < -0.4 is 0 Å². The molecule has 2 nitrogen and oxygen atoms in total. The van der Waals surface area contributed by atoms with E-state index in [4.69, 9.17) is 9.47 Å². The van der Waals surface area contributed by atoms with Crippen molar-refractivity contribution in [1.29, 1.82) is 0 Å². The molecule has 5 atom stereocenters. The van der Waals surface area contributed by atoms with Crippen LogP contribution in [0.3, 0.4) is 0 Å². The lowest BCUT2D eigenvalue weighted by molar-refractivity contribution is 0.0574. The maximum Gasteiger partial charge on any atom is 0.0866 e. The quantitative estimate of drug-likeness (QED) is 0.300. The van der Waals surface area contributed by atoms with Gasteiger partial charge >= 0.3 is 0 Å². The number of methoxy groups -OCH3 is 2. The normalized spacial score (nSPS) is 24.9. The van der Waals surface area contributed by atoms with E-state index in [0.717, 1.165) is 25.7 Å². The molecule has 0 heterocycles. The van der Waals surface area contributed by atoms with Gasteiger partial charge in [-0.1, -0.05) is 81.6 Å². The SMILES string of the molecule is COC1c2cc(C(C)CCC3Cc4c(Br)cc(C(C)C)c(Br)c4C3OC)cc(Br)c2CC1C. The lowest BCUT2D eigenvalue weighted by Crippen LogP contribution is -2.12. The molecule has 5 heteroatoms. The number of hydrogen-bond acceptors (Lipinski definition) is 2. The average molecular weight is 643 g/mol. The van der Waals surface area contributed by atoms with Gasteiger partial charge in [0.15, 0.2) is 0 Å². The highest BCUT2D eigenvalue weighted by Crippen LogP contribution is 2.50. The first-order chi connectivity index (χ1) is 15.7. The van der Waals surface area contributed by atoms with Crippen molar-refractivity contribution < 1.29 is 9.47 Å². The lowest BCUT2D eigenvalue weighted by Gasteiger charge is -2.23. The molecule has 0 saturated carbocycles. The van der Waals surface area contributed by atoms with Crippen molar-refractivity contribution in [2.45, 2.75) is 77.4 Å². The Morgan fingerprint density at radius 1 is 0.909 bits per heavy atom. The molecule has 0 fully saturated rings. The van der Waals surface area contributed by atoms with E-state index in [1.165, 1.54) is 46.8 Å². The second-order valence-electron chi connectivity index (χ2n) is 10.3. The molecular formula is C28H35Br3O2. The molecule has 33 heavy (non-hydrogen) atoms. The summed E-state index contributed by atoms with van der Waals surface area (Å²) in [7, 11) is 3.70. The van der Waals surface area contributed by atoms with E-state index >= 15 is 0 Å². The first kappa shape index (κ1) is 25.9. The van der Waals surface area contributed by atoms with E-state index in [1.807, 2.05) is 14.2 Å². The van der Waals surface area contributed by atoms with Crippen molar-refractivity contribution in [3.63, 3.8) is 0 Å². The zero-order valence-corrected chi connectivity index (χ0v) is 25.2. The van der Waals surface area contributed by atoms with Gasteiger partial charge in [0.25, 0.3) is 0 Å². The van der Waals surface area contributed by atoms with Gasteiger partial charge in [-0.05, 0) is 94.9 Å². The van der Waals surface area contributed by atoms with Crippen molar-refractivity contribution >= 4 is 47.8 Å². The van der Waals surface area contributed by atoms with Crippen LogP contribution in [0.25, 0.3) is 0 Å². The number of fused-ring (bicyclic) bond motifs is 2. The first-order valence-electron chi connectivity index (χ1n) is 12.1. The van der Waals surface area contributed by atoms with Gasteiger partial charge in [0.05, 0.1) is 12.2 Å². The van der Waals surface area contributed by atoms with Crippen molar-refractivity contribution in [2.75, 3.05) is 14.2 Å². The summed E-state index contributed by atoms with van der Waals surface area (Å²) in [6, 6.07) is 7.04. The predicted molar refractivity (Wildman–Crippen MR) is 147 cm³/mol. The zero-order valence-electron chi connectivity index (χ0n) is 20.5. The smallest absolute Gasteiger partial charge is 0.0866 e. The molecule has 5 unspecified atom stereocenters. The van der Waals surface area contributed by atoms with E-state index in [2.05, 4.69) is 93.7 Å². The average Bonchev–Trinajstić information content (AvgIpc) is 3.31. The largest absolute Gasteiger partial charge is 0.376 e. The minimum atomic E-state index is 0.141. The topological polar surface area (TPSA) is 18.5 Å². The highest BCUT2D eigenvalue weighted by Gasteiger charge is 2.37.